The highest BCUT2D eigenvalue weighted by Crippen LogP contribution is 2.33. The lowest BCUT2D eigenvalue weighted by molar-refractivity contribution is 0.102. The number of rotatable bonds is 7. The van der Waals surface area contributed by atoms with E-state index in [0.717, 1.165) is 0 Å². The molecule has 0 unspecified atom stereocenters. The number of carbonyl (C=O) groups is 1. The van der Waals surface area contributed by atoms with E-state index in [0.29, 0.717) is 67.1 Å². The molecule has 1 saturated heterocycles. The Kier molecular flexibility index (Phi) is 7.21. The summed E-state index contributed by atoms with van der Waals surface area (Å²) in [4.78, 5) is 31.9. The molecule has 3 aromatic heterocycles. The van der Waals surface area contributed by atoms with E-state index in [-0.39, 0.29) is 5.69 Å². The van der Waals surface area contributed by atoms with E-state index >= 15 is 0 Å². The lowest BCUT2D eigenvalue weighted by Gasteiger charge is -2.28. The molecule has 0 saturated carbocycles. The molecule has 4 heterocycles. The maximum Gasteiger partial charge on any atom is 0.282 e. The molecule has 178 valence electrons. The number of aromatic nitrogens is 4. The molecule has 11 heteroatoms. The first-order valence-electron chi connectivity index (χ1n) is 10.9. The molecular formula is C23H25F2N7O2. The molecule has 1 fully saturated rings. The predicted octanol–water partition coefficient (Wildman–Crippen LogP) is 3.70. The van der Waals surface area contributed by atoms with Crippen molar-refractivity contribution in [2.75, 3.05) is 48.4 Å². The molecule has 1 amide bonds. The fraction of sp³-hybridized carbons (Fsp3) is 0.348. The zero-order chi connectivity index (χ0) is 24.1. The molecule has 2 N–H and O–H groups in total. The zero-order valence-electron chi connectivity index (χ0n) is 18.9. The number of hydrogen-bond donors (Lipinski definition) is 2. The molecule has 4 rings (SSSR count). The van der Waals surface area contributed by atoms with Gasteiger partial charge >= 0.3 is 0 Å². The first kappa shape index (κ1) is 23.4. The summed E-state index contributed by atoms with van der Waals surface area (Å²) in [7, 11) is 0. The van der Waals surface area contributed by atoms with Gasteiger partial charge in [0.05, 0.1) is 24.6 Å². The number of anilines is 3. The van der Waals surface area contributed by atoms with Crippen molar-refractivity contribution in [2.45, 2.75) is 20.3 Å². The Morgan fingerprint density at radius 1 is 1.15 bits per heavy atom. The molecule has 0 spiro atoms. The van der Waals surface area contributed by atoms with Crippen LogP contribution >= 0.6 is 0 Å². The number of alkyl halides is 2. The Labute approximate surface area is 195 Å². The van der Waals surface area contributed by atoms with E-state index in [1.54, 1.807) is 13.0 Å². The normalized spacial score (nSPS) is 13.7. The third-order valence-electron chi connectivity index (χ3n) is 5.30. The number of halogens is 2. The van der Waals surface area contributed by atoms with E-state index in [1.165, 1.54) is 30.6 Å². The van der Waals surface area contributed by atoms with Gasteiger partial charge in [0.25, 0.3) is 12.3 Å². The lowest BCUT2D eigenvalue weighted by Crippen LogP contribution is -2.37. The van der Waals surface area contributed by atoms with Crippen molar-refractivity contribution in [1.82, 2.24) is 19.9 Å². The Morgan fingerprint density at radius 2 is 1.88 bits per heavy atom. The minimum Gasteiger partial charge on any atom is -0.378 e. The Hall–Kier alpha value is -3.73. The summed E-state index contributed by atoms with van der Waals surface area (Å²) in [5.41, 5.74) is 1.12. The van der Waals surface area contributed by atoms with E-state index in [1.807, 2.05) is 6.92 Å². The second-order valence-electron chi connectivity index (χ2n) is 7.61. The molecule has 9 nitrogen and oxygen atoms in total. The predicted molar refractivity (Wildman–Crippen MR) is 124 cm³/mol. The van der Waals surface area contributed by atoms with Gasteiger partial charge in [0.15, 0.2) is 0 Å². The fourth-order valence-corrected chi connectivity index (χ4v) is 3.61. The van der Waals surface area contributed by atoms with Gasteiger partial charge in [-0.05, 0) is 32.0 Å². The monoisotopic (exact) mass is 469 g/mol. The van der Waals surface area contributed by atoms with Crippen LogP contribution in [0.15, 0.2) is 36.7 Å². The molecule has 34 heavy (non-hydrogen) atoms. The van der Waals surface area contributed by atoms with Crippen LogP contribution in [0.2, 0.25) is 0 Å². The van der Waals surface area contributed by atoms with Gasteiger partial charge in [-0.3, -0.25) is 9.78 Å². The quantitative estimate of drug-likeness (QED) is 0.540. The van der Waals surface area contributed by atoms with Crippen molar-refractivity contribution < 1.29 is 18.3 Å². The van der Waals surface area contributed by atoms with Crippen LogP contribution in [-0.2, 0) is 4.74 Å². The van der Waals surface area contributed by atoms with Crippen LogP contribution in [0.3, 0.4) is 0 Å². The number of hydrogen-bond acceptors (Lipinski definition) is 8. The van der Waals surface area contributed by atoms with E-state index < -0.39 is 18.0 Å². The largest absolute Gasteiger partial charge is 0.378 e. The number of aryl methyl sites for hydroxylation is 1. The van der Waals surface area contributed by atoms with Gasteiger partial charge in [0.2, 0.25) is 5.95 Å². The molecule has 1 aliphatic rings. The van der Waals surface area contributed by atoms with Crippen molar-refractivity contribution in [3.05, 3.63) is 53.6 Å². The molecule has 0 bridgehead atoms. The molecule has 0 atom stereocenters. The highest BCUT2D eigenvalue weighted by molar-refractivity contribution is 6.04. The van der Waals surface area contributed by atoms with Crippen molar-refractivity contribution in [3.8, 4) is 11.3 Å². The maximum absolute atomic E-state index is 13.8. The van der Waals surface area contributed by atoms with Gasteiger partial charge in [0, 0.05) is 54.9 Å². The topological polar surface area (TPSA) is 105 Å². The average Bonchev–Trinajstić information content (AvgIpc) is 2.85. The Morgan fingerprint density at radius 3 is 2.56 bits per heavy atom. The third-order valence-corrected chi connectivity index (χ3v) is 5.30. The first-order valence-corrected chi connectivity index (χ1v) is 10.9. The molecular weight excluding hydrogens is 444 g/mol. The number of morpholine rings is 1. The highest BCUT2D eigenvalue weighted by atomic mass is 19.3. The van der Waals surface area contributed by atoms with Crippen LogP contribution < -0.4 is 15.5 Å². The minimum atomic E-state index is -2.87. The van der Waals surface area contributed by atoms with Gasteiger partial charge in [-0.15, -0.1) is 0 Å². The van der Waals surface area contributed by atoms with Crippen LogP contribution in [0.1, 0.15) is 35.1 Å². The Bertz CT molecular complexity index is 1160. The highest BCUT2D eigenvalue weighted by Gasteiger charge is 2.22. The SMILES string of the molecule is CCNc1nc(-c2cc(NC(=O)c3ccncc3)c(C(F)F)nc2C)cc(N2CCOCC2)n1. The number of pyridine rings is 2. The second kappa shape index (κ2) is 10.5. The van der Waals surface area contributed by atoms with Gasteiger partial charge in [-0.1, -0.05) is 0 Å². The van der Waals surface area contributed by atoms with E-state index in [4.69, 9.17) is 4.74 Å². The van der Waals surface area contributed by atoms with Crippen molar-refractivity contribution in [3.63, 3.8) is 0 Å². The first-order chi connectivity index (χ1) is 16.5. The van der Waals surface area contributed by atoms with Gasteiger partial charge in [0.1, 0.15) is 11.5 Å². The van der Waals surface area contributed by atoms with Crippen LogP contribution in [0.4, 0.5) is 26.2 Å². The van der Waals surface area contributed by atoms with Crippen molar-refractivity contribution >= 4 is 23.4 Å². The lowest BCUT2D eigenvalue weighted by atomic mass is 10.1. The number of nitrogens with one attached hydrogen (secondary N) is 2. The van der Waals surface area contributed by atoms with E-state index in [2.05, 4.69) is 35.5 Å². The number of amides is 1. The molecule has 0 aliphatic carbocycles. The summed E-state index contributed by atoms with van der Waals surface area (Å²) in [5, 5.41) is 5.69. The molecule has 3 aromatic rings. The van der Waals surface area contributed by atoms with Crippen LogP contribution in [0.25, 0.3) is 11.3 Å². The standard InChI is InChI=1S/C23H25F2N7O2/c1-3-27-23-30-17(13-19(31-23)32-8-10-34-11-9-32)16-12-18(20(21(24)25)28-14(16)2)29-22(33)15-4-6-26-7-5-15/h4-7,12-13,21H,3,8-11H2,1-2H3,(H,29,33)(H,27,30,31). The van der Waals surface area contributed by atoms with Gasteiger partial charge in [-0.2, -0.15) is 4.98 Å². The maximum atomic E-state index is 13.8. The smallest absolute Gasteiger partial charge is 0.282 e. The van der Waals surface area contributed by atoms with Gasteiger partial charge < -0.3 is 20.3 Å². The number of carbonyl (C=O) groups excluding carboxylic acids is 1. The fourth-order valence-electron chi connectivity index (χ4n) is 3.61. The summed E-state index contributed by atoms with van der Waals surface area (Å²) in [6.45, 7) is 6.71. The summed E-state index contributed by atoms with van der Waals surface area (Å²) in [6, 6.07) is 6.29. The molecule has 1 aliphatic heterocycles. The summed E-state index contributed by atoms with van der Waals surface area (Å²) >= 11 is 0. The zero-order valence-corrected chi connectivity index (χ0v) is 18.9. The van der Waals surface area contributed by atoms with Gasteiger partial charge in [-0.25, -0.2) is 18.7 Å². The van der Waals surface area contributed by atoms with Crippen molar-refractivity contribution in [2.24, 2.45) is 0 Å². The van der Waals surface area contributed by atoms with Crippen LogP contribution in [-0.4, -0.2) is 58.7 Å². The molecule has 0 aromatic carbocycles. The van der Waals surface area contributed by atoms with Crippen molar-refractivity contribution in [1.29, 1.82) is 0 Å². The van der Waals surface area contributed by atoms with Crippen LogP contribution in [0, 0.1) is 6.92 Å². The Balaban J connectivity index is 1.76. The second-order valence-corrected chi connectivity index (χ2v) is 7.61. The summed E-state index contributed by atoms with van der Waals surface area (Å²) < 4.78 is 33.0. The summed E-state index contributed by atoms with van der Waals surface area (Å²) in [6.07, 6.45) is 0.0444. The molecule has 0 radical (unpaired) electrons. The minimum absolute atomic E-state index is 0.0750. The average molecular weight is 469 g/mol. The third kappa shape index (κ3) is 5.25. The number of nitrogens with zero attached hydrogens (tertiary/aromatic N) is 5. The van der Waals surface area contributed by atoms with Crippen LogP contribution in [0.5, 0.6) is 0 Å². The van der Waals surface area contributed by atoms with E-state index in [9.17, 15) is 13.6 Å². The summed E-state index contributed by atoms with van der Waals surface area (Å²) in [5.74, 6) is 0.580. The number of ether oxygens (including phenoxy) is 1.